The maximum atomic E-state index is 13.3. The molecule has 1 N–H and O–H groups in total. The van der Waals surface area contributed by atoms with E-state index >= 15 is 0 Å². The fourth-order valence-corrected chi connectivity index (χ4v) is 5.59. The lowest BCUT2D eigenvalue weighted by Crippen LogP contribution is -2.56. The number of halogens is 2. The number of benzene rings is 1. The van der Waals surface area contributed by atoms with E-state index < -0.39 is 16.9 Å². The molecule has 1 atom stereocenters. The Morgan fingerprint density at radius 1 is 1.00 bits per heavy atom. The number of alkyl halides is 2. The Hall–Kier alpha value is -3.08. The quantitative estimate of drug-likeness (QED) is 0.509. The highest BCUT2D eigenvalue weighted by Crippen LogP contribution is 2.54. The molecule has 1 saturated carbocycles. The van der Waals surface area contributed by atoms with E-state index in [-0.39, 0.29) is 13.1 Å². The van der Waals surface area contributed by atoms with Gasteiger partial charge in [0.25, 0.3) is 5.92 Å². The maximum Gasteiger partial charge on any atom is 0.282 e. The van der Waals surface area contributed by atoms with E-state index in [2.05, 4.69) is 24.9 Å². The second kappa shape index (κ2) is 8.79. The summed E-state index contributed by atoms with van der Waals surface area (Å²) >= 11 is 0. The van der Waals surface area contributed by atoms with Crippen LogP contribution in [-0.4, -0.2) is 62.0 Å². The van der Waals surface area contributed by atoms with E-state index in [0.29, 0.717) is 28.4 Å². The van der Waals surface area contributed by atoms with Crippen molar-refractivity contribution in [2.45, 2.75) is 38.5 Å². The minimum atomic E-state index is -2.66. The van der Waals surface area contributed by atoms with Gasteiger partial charge in [0.15, 0.2) is 0 Å². The summed E-state index contributed by atoms with van der Waals surface area (Å²) in [5, 5.41) is 8.72. The van der Waals surface area contributed by atoms with Gasteiger partial charge in [-0.25, -0.2) is 22.7 Å². The predicted molar refractivity (Wildman–Crippen MR) is 137 cm³/mol. The molecule has 6 rings (SSSR count). The van der Waals surface area contributed by atoms with Gasteiger partial charge in [-0.15, -0.1) is 5.10 Å². The van der Waals surface area contributed by atoms with Crippen LogP contribution in [0.15, 0.2) is 42.6 Å². The van der Waals surface area contributed by atoms with Crippen molar-refractivity contribution in [3.63, 3.8) is 0 Å². The van der Waals surface area contributed by atoms with Gasteiger partial charge in [-0.3, -0.25) is 0 Å². The largest absolute Gasteiger partial charge is 0.370 e. The molecule has 1 unspecified atom stereocenters. The molecule has 36 heavy (non-hydrogen) atoms. The number of piperidine rings is 1. The van der Waals surface area contributed by atoms with Crippen molar-refractivity contribution in [2.24, 2.45) is 5.41 Å². The first kappa shape index (κ1) is 23.3. The minimum Gasteiger partial charge on any atom is -0.370 e. The van der Waals surface area contributed by atoms with Crippen LogP contribution in [0.25, 0.3) is 17.1 Å². The Labute approximate surface area is 211 Å². The predicted octanol–water partition coefficient (Wildman–Crippen LogP) is 4.26. The molecule has 2 aliphatic heterocycles. The number of rotatable bonds is 7. The first-order valence-electron chi connectivity index (χ1n) is 12.4. The van der Waals surface area contributed by atoms with Gasteiger partial charge < -0.3 is 14.5 Å². The topological polar surface area (TPSA) is 79.2 Å². The van der Waals surface area contributed by atoms with E-state index in [9.17, 15) is 13.0 Å². The van der Waals surface area contributed by atoms with Crippen LogP contribution in [0.1, 0.15) is 32.6 Å². The molecule has 2 aromatic heterocycles. The van der Waals surface area contributed by atoms with Gasteiger partial charge in [0.05, 0.1) is 36.4 Å². The normalized spacial score (nSPS) is 20.8. The van der Waals surface area contributed by atoms with Gasteiger partial charge >= 0.3 is 0 Å². The van der Waals surface area contributed by atoms with E-state index in [1.165, 1.54) is 25.7 Å². The van der Waals surface area contributed by atoms with Crippen molar-refractivity contribution in [1.82, 2.24) is 20.0 Å². The van der Waals surface area contributed by atoms with Crippen LogP contribution < -0.4 is 14.5 Å². The standard InChI is InChI=1S/C25H29F2N7OS/c1-2-36(35)30-18-6-7-21(22(14-18)32-12-10-24(8-9-24)11-13-32)34-15-20(29-31-34)19-4-3-5-23(28-19)33-16-25(26,27)17-33/h3-7,14-15,30H,2,8-13,16-17H2,1H3. The third-order valence-corrected chi connectivity index (χ3v) is 8.48. The molecule has 4 heterocycles. The number of pyridine rings is 1. The number of hydrogen-bond donors (Lipinski definition) is 1. The van der Waals surface area contributed by atoms with Crippen LogP contribution >= 0.6 is 0 Å². The van der Waals surface area contributed by atoms with Gasteiger partial charge in [0, 0.05) is 24.5 Å². The van der Waals surface area contributed by atoms with E-state index in [0.717, 1.165) is 30.2 Å². The van der Waals surface area contributed by atoms with Crippen LogP contribution in [0, 0.1) is 5.41 Å². The van der Waals surface area contributed by atoms with Crippen molar-refractivity contribution in [1.29, 1.82) is 0 Å². The van der Waals surface area contributed by atoms with Crippen LogP contribution in [-0.2, 0) is 11.0 Å². The molecule has 0 bridgehead atoms. The molecule has 3 aromatic rings. The average molecular weight is 514 g/mol. The van der Waals surface area contributed by atoms with Gasteiger partial charge in [-0.2, -0.15) is 0 Å². The number of hydrogen-bond acceptors (Lipinski definition) is 6. The Bertz CT molecular complexity index is 1290. The number of nitrogens with one attached hydrogen (secondary N) is 1. The first-order valence-corrected chi connectivity index (χ1v) is 13.7. The Balaban J connectivity index is 1.29. The molecule has 190 valence electrons. The van der Waals surface area contributed by atoms with E-state index in [4.69, 9.17) is 0 Å². The zero-order valence-corrected chi connectivity index (χ0v) is 21.0. The summed E-state index contributed by atoms with van der Waals surface area (Å²) in [5.41, 5.74) is 4.41. The molecule has 1 aromatic carbocycles. The summed E-state index contributed by atoms with van der Waals surface area (Å²) in [6.07, 6.45) is 6.84. The lowest BCUT2D eigenvalue weighted by molar-refractivity contribution is -0.0266. The molecule has 3 aliphatic rings. The fourth-order valence-electron chi connectivity index (χ4n) is 5.05. The third-order valence-electron chi connectivity index (χ3n) is 7.50. The second-order valence-corrected chi connectivity index (χ2v) is 11.5. The summed E-state index contributed by atoms with van der Waals surface area (Å²) in [6, 6.07) is 11.3. The Kier molecular flexibility index (Phi) is 5.70. The summed E-state index contributed by atoms with van der Waals surface area (Å²) in [7, 11) is -1.14. The summed E-state index contributed by atoms with van der Waals surface area (Å²) in [6.45, 7) is 3.18. The van der Waals surface area contributed by atoms with E-state index in [1.54, 1.807) is 21.7 Å². The smallest absolute Gasteiger partial charge is 0.282 e. The molecule has 8 nitrogen and oxygen atoms in total. The number of nitrogens with zero attached hydrogens (tertiary/aromatic N) is 6. The fraction of sp³-hybridized carbons (Fsp3) is 0.480. The zero-order valence-electron chi connectivity index (χ0n) is 20.2. The number of aromatic nitrogens is 4. The van der Waals surface area contributed by atoms with E-state index in [1.807, 2.05) is 37.4 Å². The maximum absolute atomic E-state index is 13.3. The summed E-state index contributed by atoms with van der Waals surface area (Å²) < 4.78 is 43.6. The summed E-state index contributed by atoms with van der Waals surface area (Å²) in [5.74, 6) is -1.62. The molecule has 11 heteroatoms. The van der Waals surface area contributed by atoms with Crippen LogP contribution in [0.5, 0.6) is 0 Å². The highest BCUT2D eigenvalue weighted by molar-refractivity contribution is 7.86. The van der Waals surface area contributed by atoms with Crippen molar-refractivity contribution in [3.8, 4) is 17.1 Å². The summed E-state index contributed by atoms with van der Waals surface area (Å²) in [4.78, 5) is 8.49. The molecule has 0 radical (unpaired) electrons. The molecular weight excluding hydrogens is 484 g/mol. The molecule has 0 amide bonds. The highest BCUT2D eigenvalue weighted by atomic mass is 32.2. The lowest BCUT2D eigenvalue weighted by atomic mass is 9.93. The van der Waals surface area contributed by atoms with Crippen molar-refractivity contribution < 1.29 is 13.0 Å². The van der Waals surface area contributed by atoms with Gasteiger partial charge in [-0.1, -0.05) is 18.2 Å². The number of anilines is 3. The first-order chi connectivity index (χ1) is 17.3. The molecular formula is C25H29F2N7OS. The monoisotopic (exact) mass is 513 g/mol. The average Bonchev–Trinajstić information content (AvgIpc) is 3.43. The van der Waals surface area contributed by atoms with Crippen molar-refractivity contribution in [2.75, 3.05) is 46.5 Å². The van der Waals surface area contributed by atoms with Crippen LogP contribution in [0.3, 0.4) is 0 Å². The van der Waals surface area contributed by atoms with Gasteiger partial charge in [0.2, 0.25) is 0 Å². The molecule has 2 saturated heterocycles. The van der Waals surface area contributed by atoms with Gasteiger partial charge in [-0.05, 0) is 61.4 Å². The Morgan fingerprint density at radius 3 is 2.47 bits per heavy atom. The lowest BCUT2D eigenvalue weighted by Gasteiger charge is -2.39. The SMILES string of the molecule is CCS(=O)Nc1ccc(-n2cc(-c3cccc(N4CC(F)(F)C4)n3)nn2)c(N2CCC3(CC2)CC3)c1. The van der Waals surface area contributed by atoms with Crippen molar-refractivity contribution >= 4 is 28.2 Å². The van der Waals surface area contributed by atoms with Crippen LogP contribution in [0.4, 0.5) is 26.0 Å². The van der Waals surface area contributed by atoms with Crippen LogP contribution in [0.2, 0.25) is 0 Å². The molecule has 3 fully saturated rings. The Morgan fingerprint density at radius 2 is 1.78 bits per heavy atom. The highest BCUT2D eigenvalue weighted by Gasteiger charge is 2.45. The molecule has 1 aliphatic carbocycles. The second-order valence-electron chi connectivity index (χ2n) is 10.1. The minimum absolute atomic E-state index is 0.320. The molecule has 1 spiro atoms. The van der Waals surface area contributed by atoms with Gasteiger partial charge in [0.1, 0.15) is 22.5 Å². The third kappa shape index (κ3) is 4.56. The van der Waals surface area contributed by atoms with Crippen molar-refractivity contribution in [3.05, 3.63) is 42.6 Å². The zero-order chi connectivity index (χ0) is 24.9.